The van der Waals surface area contributed by atoms with Gasteiger partial charge in [0.1, 0.15) is 0 Å². The second-order valence-corrected chi connectivity index (χ2v) is 8.24. The first-order valence-electron chi connectivity index (χ1n) is 11.0. The fourth-order valence-corrected chi connectivity index (χ4v) is 4.15. The molecule has 0 aromatic heterocycles. The van der Waals surface area contributed by atoms with Gasteiger partial charge in [0.05, 0.1) is 7.85 Å². The topological polar surface area (TPSA) is 17.1 Å². The fraction of sp³-hybridized carbons (Fsp3) is 0.444. The highest BCUT2D eigenvalue weighted by molar-refractivity contribution is 6.23. The molecule has 1 atom stereocenters. The zero-order chi connectivity index (χ0) is 21.4. The maximum atomic E-state index is 13.7. The van der Waals surface area contributed by atoms with Gasteiger partial charge in [0.15, 0.2) is 5.78 Å². The van der Waals surface area contributed by atoms with E-state index in [0.29, 0.717) is 6.32 Å². The second-order valence-electron chi connectivity index (χ2n) is 8.24. The summed E-state index contributed by atoms with van der Waals surface area (Å²) < 4.78 is 0. The van der Waals surface area contributed by atoms with Crippen molar-refractivity contribution in [2.45, 2.75) is 73.0 Å². The summed E-state index contributed by atoms with van der Waals surface area (Å²) in [6.45, 7) is 10.6. The minimum Gasteiger partial charge on any atom is -0.294 e. The van der Waals surface area contributed by atoms with Gasteiger partial charge in [0.25, 0.3) is 0 Å². The smallest absolute Gasteiger partial charge is 0.166 e. The number of Topliss-reactive ketones (excluding diaryl/α,β-unsaturated/α-hetero) is 1. The van der Waals surface area contributed by atoms with E-state index in [4.69, 9.17) is 7.85 Å². The van der Waals surface area contributed by atoms with Crippen LogP contribution in [-0.4, -0.2) is 13.6 Å². The highest BCUT2D eigenvalue weighted by Crippen LogP contribution is 2.30. The van der Waals surface area contributed by atoms with Crippen LogP contribution < -0.4 is 0 Å². The highest BCUT2D eigenvalue weighted by Gasteiger charge is 2.24. The van der Waals surface area contributed by atoms with Gasteiger partial charge >= 0.3 is 0 Å². The van der Waals surface area contributed by atoms with Crippen LogP contribution in [0.3, 0.4) is 0 Å². The van der Waals surface area contributed by atoms with Gasteiger partial charge in [0.2, 0.25) is 0 Å². The molecule has 0 fully saturated rings. The maximum Gasteiger partial charge on any atom is 0.166 e. The summed E-state index contributed by atoms with van der Waals surface area (Å²) in [5.41, 5.74) is 8.00. The van der Waals surface area contributed by atoms with Crippen molar-refractivity contribution in [2.24, 2.45) is 5.92 Å². The molecule has 0 saturated heterocycles. The average molecular weight is 386 g/mol. The second kappa shape index (κ2) is 11.2. The quantitative estimate of drug-likeness (QED) is 0.331. The Hall–Kier alpha value is -2.09. The Morgan fingerprint density at radius 1 is 1.00 bits per heavy atom. The molecule has 2 aromatic rings. The number of hydrogen-bond acceptors (Lipinski definition) is 1. The summed E-state index contributed by atoms with van der Waals surface area (Å²) >= 11 is 0. The van der Waals surface area contributed by atoms with Gasteiger partial charge in [-0.1, -0.05) is 80.2 Å². The summed E-state index contributed by atoms with van der Waals surface area (Å²) in [6, 6.07) is 14.9. The third-order valence-corrected chi connectivity index (χ3v) is 5.82. The van der Waals surface area contributed by atoms with E-state index < -0.39 is 0 Å². The zero-order valence-electron chi connectivity index (χ0n) is 18.8. The number of carbonyl (C=O) groups is 1. The van der Waals surface area contributed by atoms with E-state index in [1.165, 1.54) is 11.1 Å². The predicted molar refractivity (Wildman–Crippen MR) is 126 cm³/mol. The van der Waals surface area contributed by atoms with E-state index in [0.717, 1.165) is 59.9 Å². The summed E-state index contributed by atoms with van der Waals surface area (Å²) in [6.07, 6.45) is 5.33. The van der Waals surface area contributed by atoms with Crippen LogP contribution in [0.1, 0.15) is 74.8 Å². The van der Waals surface area contributed by atoms with Gasteiger partial charge in [0, 0.05) is 11.5 Å². The van der Waals surface area contributed by atoms with E-state index in [1.807, 2.05) is 0 Å². The van der Waals surface area contributed by atoms with Crippen LogP contribution in [0, 0.1) is 12.8 Å². The number of rotatable bonds is 10. The molecule has 0 bridgehead atoms. The third-order valence-electron chi connectivity index (χ3n) is 5.82. The van der Waals surface area contributed by atoms with E-state index in [2.05, 4.69) is 77.1 Å². The van der Waals surface area contributed by atoms with E-state index >= 15 is 0 Å². The van der Waals surface area contributed by atoms with Crippen LogP contribution in [0.5, 0.6) is 0 Å². The van der Waals surface area contributed by atoms with E-state index in [9.17, 15) is 4.79 Å². The lowest BCUT2D eigenvalue weighted by Gasteiger charge is -2.21. The molecule has 0 aliphatic carbocycles. The summed E-state index contributed by atoms with van der Waals surface area (Å²) in [5.74, 6) is 0.342. The Balaban J connectivity index is 2.33. The van der Waals surface area contributed by atoms with Crippen LogP contribution in [0.4, 0.5) is 0 Å². The number of hydrogen-bond donors (Lipinski definition) is 0. The highest BCUT2D eigenvalue weighted by atomic mass is 16.1. The number of ketones is 1. The standard InChI is InChI=1S/C27H35BO/c1-6-10-24(16-15-23-12-9-8-11-22(23)7-2)27(29)26(19(3)4)25-17-21(18-28)14-13-20(25)5/h8-9,11-14,17,24H,6-7,10,15-16,18H2,1-5H3. The van der Waals surface area contributed by atoms with Crippen LogP contribution in [-0.2, 0) is 24.0 Å². The molecular weight excluding hydrogens is 351 g/mol. The van der Waals surface area contributed by atoms with Crippen LogP contribution >= 0.6 is 0 Å². The molecule has 2 rings (SSSR count). The lowest BCUT2D eigenvalue weighted by Crippen LogP contribution is -2.19. The van der Waals surface area contributed by atoms with Crippen LogP contribution in [0.15, 0.2) is 48.0 Å². The van der Waals surface area contributed by atoms with Crippen molar-refractivity contribution in [3.05, 3.63) is 75.9 Å². The molecule has 0 aliphatic rings. The molecule has 0 heterocycles. The minimum absolute atomic E-state index is 0.0516. The Labute approximate surface area is 179 Å². The van der Waals surface area contributed by atoms with Crippen molar-refractivity contribution in [1.29, 1.82) is 0 Å². The molecule has 0 aliphatic heterocycles. The zero-order valence-corrected chi connectivity index (χ0v) is 18.8. The van der Waals surface area contributed by atoms with Crippen LogP contribution in [0.25, 0.3) is 5.57 Å². The number of carbonyl (C=O) groups excluding carboxylic acids is 1. The minimum atomic E-state index is 0.0516. The SMILES string of the molecule is [B]Cc1ccc(C)c(C(C(=O)C(CCC)CCc2ccccc2CC)=C(C)C)c1. The fourth-order valence-electron chi connectivity index (χ4n) is 4.15. The van der Waals surface area contributed by atoms with Crippen molar-refractivity contribution < 1.29 is 4.79 Å². The van der Waals surface area contributed by atoms with Gasteiger partial charge in [-0.25, -0.2) is 0 Å². The Bertz CT molecular complexity index is 859. The maximum absolute atomic E-state index is 13.7. The molecule has 1 unspecified atom stereocenters. The van der Waals surface area contributed by atoms with E-state index in [1.54, 1.807) is 0 Å². The molecule has 1 nitrogen and oxygen atoms in total. The molecule has 2 heteroatoms. The summed E-state index contributed by atoms with van der Waals surface area (Å²) in [4.78, 5) is 13.7. The molecule has 0 saturated carbocycles. The largest absolute Gasteiger partial charge is 0.294 e. The average Bonchev–Trinajstić information content (AvgIpc) is 2.72. The van der Waals surface area contributed by atoms with Crippen molar-refractivity contribution in [1.82, 2.24) is 0 Å². The Morgan fingerprint density at radius 3 is 2.28 bits per heavy atom. The Kier molecular flexibility index (Phi) is 8.95. The van der Waals surface area contributed by atoms with E-state index in [-0.39, 0.29) is 11.7 Å². The molecule has 2 aromatic carbocycles. The van der Waals surface area contributed by atoms with Gasteiger partial charge < -0.3 is 0 Å². The van der Waals surface area contributed by atoms with Gasteiger partial charge in [-0.2, -0.15) is 0 Å². The predicted octanol–water partition coefficient (Wildman–Crippen LogP) is 6.64. The third kappa shape index (κ3) is 5.95. The first-order chi connectivity index (χ1) is 13.9. The molecule has 29 heavy (non-hydrogen) atoms. The lowest BCUT2D eigenvalue weighted by atomic mass is 9.81. The first-order valence-corrected chi connectivity index (χ1v) is 11.0. The number of benzene rings is 2. The Morgan fingerprint density at radius 2 is 1.69 bits per heavy atom. The molecule has 0 amide bonds. The monoisotopic (exact) mass is 386 g/mol. The molecule has 2 radical (unpaired) electrons. The summed E-state index contributed by atoms with van der Waals surface area (Å²) in [7, 11) is 5.87. The van der Waals surface area contributed by atoms with Gasteiger partial charge in [-0.3, -0.25) is 4.79 Å². The molecule has 0 N–H and O–H groups in total. The normalized spacial score (nSPS) is 11.9. The van der Waals surface area contributed by atoms with Crippen LogP contribution in [0.2, 0.25) is 0 Å². The van der Waals surface area contributed by atoms with Crippen molar-refractivity contribution >= 4 is 19.2 Å². The van der Waals surface area contributed by atoms with Gasteiger partial charge in [-0.05, 0) is 68.7 Å². The number of allylic oxidation sites excluding steroid dienone is 2. The summed E-state index contributed by atoms with van der Waals surface area (Å²) in [5, 5.41) is 0. The first kappa shape index (κ1) is 23.2. The number of aryl methyl sites for hydroxylation is 3. The molecule has 152 valence electrons. The van der Waals surface area contributed by atoms with Crippen molar-refractivity contribution in [3.8, 4) is 0 Å². The lowest BCUT2D eigenvalue weighted by molar-refractivity contribution is -0.117. The van der Waals surface area contributed by atoms with Crippen molar-refractivity contribution in [2.75, 3.05) is 0 Å². The van der Waals surface area contributed by atoms with Crippen molar-refractivity contribution in [3.63, 3.8) is 0 Å². The van der Waals surface area contributed by atoms with Gasteiger partial charge in [-0.15, -0.1) is 0 Å². The molecular formula is C27H35BO. The molecule has 0 spiro atoms.